The first-order valence-electron chi connectivity index (χ1n) is 4.35. The highest BCUT2D eigenvalue weighted by Gasteiger charge is 2.21. The summed E-state index contributed by atoms with van der Waals surface area (Å²) < 4.78 is 0. The first-order valence-corrected chi connectivity index (χ1v) is 4.73. The molecule has 2 rings (SSSR count). The van der Waals surface area contributed by atoms with Gasteiger partial charge in [0.1, 0.15) is 5.02 Å². The predicted octanol–water partition coefficient (Wildman–Crippen LogP) is 2.28. The Kier molecular flexibility index (Phi) is 2.39. The lowest BCUT2D eigenvalue weighted by Gasteiger charge is -2.27. The molecule has 0 spiro atoms. The molecular formula is C9H9ClN2O2. The maximum Gasteiger partial charge on any atom is 0.287 e. The van der Waals surface area contributed by atoms with Gasteiger partial charge >= 0.3 is 0 Å². The third-order valence-electron chi connectivity index (χ3n) is 2.39. The van der Waals surface area contributed by atoms with Crippen molar-refractivity contribution in [1.29, 1.82) is 0 Å². The van der Waals surface area contributed by atoms with Gasteiger partial charge in [-0.3, -0.25) is 10.1 Å². The van der Waals surface area contributed by atoms with Gasteiger partial charge in [-0.2, -0.15) is 0 Å². The van der Waals surface area contributed by atoms with E-state index in [0.29, 0.717) is 6.04 Å². The van der Waals surface area contributed by atoms with E-state index < -0.39 is 4.92 Å². The van der Waals surface area contributed by atoms with Crippen LogP contribution in [0.1, 0.15) is 18.0 Å². The van der Waals surface area contributed by atoms with Crippen molar-refractivity contribution in [2.24, 2.45) is 0 Å². The summed E-state index contributed by atoms with van der Waals surface area (Å²) in [6.07, 6.45) is 1.06. The van der Waals surface area contributed by atoms with Crippen molar-refractivity contribution in [3.05, 3.63) is 38.9 Å². The summed E-state index contributed by atoms with van der Waals surface area (Å²) in [5, 5.41) is 13.9. The second kappa shape index (κ2) is 3.55. The van der Waals surface area contributed by atoms with E-state index in [-0.39, 0.29) is 10.7 Å². The van der Waals surface area contributed by atoms with Crippen LogP contribution in [0.3, 0.4) is 0 Å². The van der Waals surface area contributed by atoms with Crippen LogP contribution in [0.15, 0.2) is 18.2 Å². The van der Waals surface area contributed by atoms with Crippen molar-refractivity contribution >= 4 is 17.3 Å². The molecule has 0 saturated carbocycles. The monoisotopic (exact) mass is 212 g/mol. The third-order valence-corrected chi connectivity index (χ3v) is 2.70. The Morgan fingerprint density at radius 1 is 1.57 bits per heavy atom. The van der Waals surface area contributed by atoms with E-state index in [2.05, 4.69) is 5.32 Å². The van der Waals surface area contributed by atoms with E-state index in [9.17, 15) is 10.1 Å². The molecule has 1 heterocycles. The van der Waals surface area contributed by atoms with Crippen molar-refractivity contribution in [3.8, 4) is 0 Å². The summed E-state index contributed by atoms with van der Waals surface area (Å²) >= 11 is 5.78. The lowest BCUT2D eigenvalue weighted by atomic mass is 9.98. The average molecular weight is 213 g/mol. The number of halogens is 1. The van der Waals surface area contributed by atoms with E-state index >= 15 is 0 Å². The SMILES string of the molecule is O=[N+]([O-])c1ccc(C2CCN2)cc1Cl. The number of nitro benzene ring substituents is 1. The van der Waals surface area contributed by atoms with Crippen molar-refractivity contribution in [3.63, 3.8) is 0 Å². The Balaban J connectivity index is 2.30. The predicted molar refractivity (Wildman–Crippen MR) is 53.5 cm³/mol. The molecule has 0 amide bonds. The topological polar surface area (TPSA) is 55.2 Å². The van der Waals surface area contributed by atoms with Crippen molar-refractivity contribution in [1.82, 2.24) is 5.32 Å². The standard InChI is InChI=1S/C9H9ClN2O2/c10-7-5-6(8-3-4-11-8)1-2-9(7)12(13)14/h1-2,5,8,11H,3-4H2. The Morgan fingerprint density at radius 2 is 2.29 bits per heavy atom. The lowest BCUT2D eigenvalue weighted by Crippen LogP contribution is -2.34. The first-order chi connectivity index (χ1) is 6.68. The molecule has 1 N–H and O–H groups in total. The van der Waals surface area contributed by atoms with Crippen LogP contribution >= 0.6 is 11.6 Å². The minimum absolute atomic E-state index is 0.0326. The van der Waals surface area contributed by atoms with Crippen molar-refractivity contribution in [2.45, 2.75) is 12.5 Å². The molecule has 5 heteroatoms. The number of benzene rings is 1. The molecule has 74 valence electrons. The van der Waals surface area contributed by atoms with Gasteiger partial charge < -0.3 is 5.32 Å². The fourth-order valence-corrected chi connectivity index (χ4v) is 1.72. The zero-order valence-corrected chi connectivity index (χ0v) is 8.12. The average Bonchev–Trinajstić information content (AvgIpc) is 2.00. The smallest absolute Gasteiger partial charge is 0.287 e. The third kappa shape index (κ3) is 1.58. The molecule has 4 nitrogen and oxygen atoms in total. The molecule has 0 aromatic heterocycles. The second-order valence-electron chi connectivity index (χ2n) is 3.26. The Labute approximate surface area is 86.0 Å². The normalized spacial score (nSPS) is 20.2. The number of nitrogens with zero attached hydrogens (tertiary/aromatic N) is 1. The van der Waals surface area contributed by atoms with Crippen LogP contribution in [0.2, 0.25) is 5.02 Å². The molecule has 1 aromatic rings. The molecule has 0 aliphatic carbocycles. The van der Waals surface area contributed by atoms with Crippen LogP contribution in [0.4, 0.5) is 5.69 Å². The van der Waals surface area contributed by atoms with Gasteiger partial charge in [0.25, 0.3) is 5.69 Å². The van der Waals surface area contributed by atoms with Gasteiger partial charge in [0.05, 0.1) is 4.92 Å². The molecule has 0 radical (unpaired) electrons. The zero-order valence-electron chi connectivity index (χ0n) is 7.37. The van der Waals surface area contributed by atoms with Gasteiger partial charge in [-0.15, -0.1) is 0 Å². The Hall–Kier alpha value is -1.13. The summed E-state index contributed by atoms with van der Waals surface area (Å²) in [6, 6.07) is 5.18. The molecule has 1 aliphatic heterocycles. The Bertz CT molecular complexity index is 377. The van der Waals surface area contributed by atoms with Crippen LogP contribution < -0.4 is 5.32 Å². The van der Waals surface area contributed by atoms with Crippen LogP contribution in [-0.4, -0.2) is 11.5 Å². The molecule has 1 aromatic carbocycles. The van der Waals surface area contributed by atoms with Crippen LogP contribution in [-0.2, 0) is 0 Å². The summed E-state index contributed by atoms with van der Waals surface area (Å²) in [5.74, 6) is 0. The molecule has 1 aliphatic rings. The van der Waals surface area contributed by atoms with Gasteiger partial charge in [0.2, 0.25) is 0 Å². The van der Waals surface area contributed by atoms with Crippen molar-refractivity contribution in [2.75, 3.05) is 6.54 Å². The maximum absolute atomic E-state index is 10.5. The van der Waals surface area contributed by atoms with E-state index in [1.54, 1.807) is 12.1 Å². The lowest BCUT2D eigenvalue weighted by molar-refractivity contribution is -0.384. The highest BCUT2D eigenvalue weighted by Crippen LogP contribution is 2.30. The molecule has 1 fully saturated rings. The number of nitro groups is 1. The molecule has 0 bridgehead atoms. The van der Waals surface area contributed by atoms with E-state index in [4.69, 9.17) is 11.6 Å². The number of rotatable bonds is 2. The molecule has 1 atom stereocenters. The largest absolute Gasteiger partial charge is 0.310 e. The molecule has 14 heavy (non-hydrogen) atoms. The van der Waals surface area contributed by atoms with E-state index in [1.165, 1.54) is 6.07 Å². The number of hydrogen-bond donors (Lipinski definition) is 1. The van der Waals surface area contributed by atoms with Crippen LogP contribution in [0, 0.1) is 10.1 Å². The maximum atomic E-state index is 10.5. The molecule has 1 saturated heterocycles. The van der Waals surface area contributed by atoms with Crippen molar-refractivity contribution < 1.29 is 4.92 Å². The number of nitrogens with one attached hydrogen (secondary N) is 1. The fraction of sp³-hybridized carbons (Fsp3) is 0.333. The zero-order chi connectivity index (χ0) is 10.1. The number of hydrogen-bond acceptors (Lipinski definition) is 3. The fourth-order valence-electron chi connectivity index (χ4n) is 1.46. The second-order valence-corrected chi connectivity index (χ2v) is 3.67. The highest BCUT2D eigenvalue weighted by atomic mass is 35.5. The minimum Gasteiger partial charge on any atom is -0.310 e. The van der Waals surface area contributed by atoms with Crippen LogP contribution in [0.5, 0.6) is 0 Å². The van der Waals surface area contributed by atoms with E-state index in [0.717, 1.165) is 18.5 Å². The van der Waals surface area contributed by atoms with Gasteiger partial charge in [-0.05, 0) is 24.6 Å². The summed E-state index contributed by atoms with van der Waals surface area (Å²) in [5.41, 5.74) is 0.988. The summed E-state index contributed by atoms with van der Waals surface area (Å²) in [6.45, 7) is 0.999. The van der Waals surface area contributed by atoms with Gasteiger partial charge in [-0.25, -0.2) is 0 Å². The van der Waals surface area contributed by atoms with Gasteiger partial charge in [0.15, 0.2) is 0 Å². The molecule has 1 unspecified atom stereocenters. The van der Waals surface area contributed by atoms with Gasteiger partial charge in [-0.1, -0.05) is 17.7 Å². The van der Waals surface area contributed by atoms with E-state index in [1.807, 2.05) is 0 Å². The first kappa shape index (κ1) is 9.43. The van der Waals surface area contributed by atoms with Crippen LogP contribution in [0.25, 0.3) is 0 Å². The minimum atomic E-state index is -0.472. The Morgan fingerprint density at radius 3 is 2.71 bits per heavy atom. The highest BCUT2D eigenvalue weighted by molar-refractivity contribution is 6.32. The summed E-state index contributed by atoms with van der Waals surface area (Å²) in [4.78, 5) is 10.0. The summed E-state index contributed by atoms with van der Waals surface area (Å²) in [7, 11) is 0. The quantitative estimate of drug-likeness (QED) is 0.605. The van der Waals surface area contributed by atoms with Gasteiger partial charge in [0, 0.05) is 12.1 Å². The molecular weight excluding hydrogens is 204 g/mol.